The molecule has 7 rings (SSSR count). The molecule has 3 aliphatic heterocycles. The largest absolute Gasteiger partial charge is 0.395 e. The van der Waals surface area contributed by atoms with Crippen molar-refractivity contribution in [1.82, 2.24) is 15.0 Å². The monoisotopic (exact) mass is 674 g/mol. The summed E-state index contributed by atoms with van der Waals surface area (Å²) in [5, 5.41) is 31.0. The number of aliphatic hydroxyl groups excluding tert-OH is 1. The van der Waals surface area contributed by atoms with Crippen LogP contribution in [0.25, 0.3) is 0 Å². The molecule has 50 heavy (non-hydrogen) atoms. The zero-order valence-corrected chi connectivity index (χ0v) is 28.2. The van der Waals surface area contributed by atoms with Crippen LogP contribution >= 0.6 is 0 Å². The number of aryl methyl sites for hydroxylation is 1. The molecule has 4 heterocycles. The van der Waals surface area contributed by atoms with E-state index in [0.29, 0.717) is 61.5 Å². The van der Waals surface area contributed by atoms with Gasteiger partial charge in [-0.3, -0.25) is 19.1 Å². The number of aliphatic hydroxyl groups is 2. The maximum atomic E-state index is 14.3. The van der Waals surface area contributed by atoms with Gasteiger partial charge >= 0.3 is 0 Å². The van der Waals surface area contributed by atoms with E-state index in [2.05, 4.69) is 10.3 Å². The predicted molar refractivity (Wildman–Crippen MR) is 189 cm³/mol. The highest BCUT2D eigenvalue weighted by Crippen LogP contribution is 2.47. The molecule has 3 amide bonds. The molecule has 0 bridgehead atoms. The van der Waals surface area contributed by atoms with E-state index in [0.717, 1.165) is 29.7 Å². The van der Waals surface area contributed by atoms with Crippen LogP contribution in [-0.4, -0.2) is 62.6 Å². The van der Waals surface area contributed by atoms with Gasteiger partial charge in [0.15, 0.2) is 5.60 Å². The Bertz CT molecular complexity index is 1920. The first-order valence-electron chi connectivity index (χ1n) is 17.4. The van der Waals surface area contributed by atoms with Crippen LogP contribution in [0.3, 0.4) is 0 Å². The normalized spacial score (nSPS) is 20.4. The fraction of sp³-hybridized carbons (Fsp3) is 0.359. The Morgan fingerprint density at radius 2 is 1.62 bits per heavy atom. The van der Waals surface area contributed by atoms with Gasteiger partial charge < -0.3 is 24.9 Å². The summed E-state index contributed by atoms with van der Waals surface area (Å²) in [5.74, 6) is -1.18. The number of benzene rings is 3. The van der Waals surface area contributed by atoms with Gasteiger partial charge in [-0.1, -0.05) is 66.8 Å². The number of allylic oxidation sites excluding steroid dienone is 1. The van der Waals surface area contributed by atoms with Gasteiger partial charge in [-0.05, 0) is 60.7 Å². The minimum absolute atomic E-state index is 0.0289. The first-order chi connectivity index (χ1) is 24.3. The zero-order chi connectivity index (χ0) is 34.8. The van der Waals surface area contributed by atoms with E-state index in [1.807, 2.05) is 92.0 Å². The van der Waals surface area contributed by atoms with Crippen molar-refractivity contribution in [3.8, 4) is 0 Å². The summed E-state index contributed by atoms with van der Waals surface area (Å²) in [7, 11) is 0. The van der Waals surface area contributed by atoms with E-state index in [1.165, 1.54) is 0 Å². The molecule has 258 valence electrons. The van der Waals surface area contributed by atoms with Gasteiger partial charge in [-0.2, -0.15) is 0 Å². The molecule has 2 saturated heterocycles. The molecule has 1 unspecified atom stereocenters. The molecule has 11 nitrogen and oxygen atoms in total. The number of nitrogens with zero attached hydrogens (tertiary/aromatic N) is 6. The Kier molecular flexibility index (Phi) is 9.35. The molecular formula is C39H42N6O5. The highest BCUT2D eigenvalue weighted by atomic mass is 16.3. The fourth-order valence-electron chi connectivity index (χ4n) is 7.39. The second-order valence-electron chi connectivity index (χ2n) is 13.4. The highest BCUT2D eigenvalue weighted by molar-refractivity contribution is 6.08. The number of carbonyl (C=O) groups excluding carboxylic acids is 3. The zero-order valence-electron chi connectivity index (χ0n) is 28.2. The van der Waals surface area contributed by atoms with E-state index in [4.69, 9.17) is 0 Å². The molecule has 3 aromatic carbocycles. The quantitative estimate of drug-likeness (QED) is 0.209. The van der Waals surface area contributed by atoms with Crippen LogP contribution in [0, 0.1) is 5.92 Å². The van der Waals surface area contributed by atoms with Crippen molar-refractivity contribution in [3.63, 3.8) is 0 Å². The molecule has 0 saturated carbocycles. The molecule has 0 spiro atoms. The summed E-state index contributed by atoms with van der Waals surface area (Å²) in [4.78, 5) is 44.5. The van der Waals surface area contributed by atoms with Gasteiger partial charge in [-0.25, -0.2) is 0 Å². The number of aromatic nitrogens is 3. The molecule has 11 heteroatoms. The maximum absolute atomic E-state index is 14.3. The van der Waals surface area contributed by atoms with Crippen LogP contribution in [0.1, 0.15) is 67.3 Å². The van der Waals surface area contributed by atoms with Crippen molar-refractivity contribution in [1.29, 1.82) is 0 Å². The second kappa shape index (κ2) is 14.0. The van der Waals surface area contributed by atoms with Gasteiger partial charge in [0.05, 0.1) is 30.5 Å². The lowest BCUT2D eigenvalue weighted by Gasteiger charge is -2.28. The molecular weight excluding hydrogens is 632 g/mol. The third-order valence-electron chi connectivity index (χ3n) is 10.2. The average molecular weight is 675 g/mol. The van der Waals surface area contributed by atoms with Crippen molar-refractivity contribution in [2.24, 2.45) is 5.92 Å². The number of anilines is 3. The number of hydrogen-bond acceptors (Lipinski definition) is 7. The molecule has 4 aromatic rings. The van der Waals surface area contributed by atoms with Gasteiger partial charge in [0.2, 0.25) is 11.8 Å². The number of amides is 3. The molecule has 0 radical (unpaired) electrons. The summed E-state index contributed by atoms with van der Waals surface area (Å²) >= 11 is 0. The van der Waals surface area contributed by atoms with Crippen molar-refractivity contribution in [2.75, 3.05) is 34.4 Å². The Hall–Kier alpha value is -5.13. The van der Waals surface area contributed by atoms with Crippen LogP contribution in [-0.2, 0) is 33.1 Å². The van der Waals surface area contributed by atoms with Gasteiger partial charge in [-0.15, -0.1) is 5.10 Å². The van der Waals surface area contributed by atoms with Crippen molar-refractivity contribution >= 4 is 34.8 Å². The molecule has 0 aliphatic carbocycles. The van der Waals surface area contributed by atoms with E-state index < -0.39 is 17.4 Å². The summed E-state index contributed by atoms with van der Waals surface area (Å²) in [6, 6.07) is 22.8. The second-order valence-corrected chi connectivity index (χ2v) is 13.4. The Morgan fingerprint density at radius 3 is 2.30 bits per heavy atom. The van der Waals surface area contributed by atoms with Crippen molar-refractivity contribution in [3.05, 3.63) is 114 Å². The number of fused-ring (bicyclic) bond motifs is 1. The Labute approximate surface area is 291 Å². The third-order valence-corrected chi connectivity index (χ3v) is 10.2. The van der Waals surface area contributed by atoms with Crippen LogP contribution < -0.4 is 14.7 Å². The number of hydrogen-bond donors (Lipinski definition) is 2. The lowest BCUT2D eigenvalue weighted by Crippen LogP contribution is -2.44. The summed E-state index contributed by atoms with van der Waals surface area (Å²) in [5.41, 5.74) is 3.17. The molecule has 3 aliphatic rings. The minimum atomic E-state index is -1.86. The molecule has 1 aromatic heterocycles. The lowest BCUT2D eigenvalue weighted by atomic mass is 9.82. The van der Waals surface area contributed by atoms with Crippen molar-refractivity contribution in [2.45, 2.75) is 63.6 Å². The van der Waals surface area contributed by atoms with Crippen LogP contribution in [0.4, 0.5) is 17.1 Å². The third kappa shape index (κ3) is 6.23. The smallest absolute Gasteiger partial charge is 0.264 e. The highest BCUT2D eigenvalue weighted by Gasteiger charge is 2.53. The van der Waals surface area contributed by atoms with E-state index in [1.54, 1.807) is 25.4 Å². The predicted octanol–water partition coefficient (Wildman–Crippen LogP) is 4.67. The first kappa shape index (κ1) is 33.4. The molecule has 2 fully saturated rings. The summed E-state index contributed by atoms with van der Waals surface area (Å²) in [6.45, 7) is 3.75. The number of rotatable bonds is 12. The summed E-state index contributed by atoms with van der Waals surface area (Å²) < 4.78 is 1.73. The van der Waals surface area contributed by atoms with E-state index in [9.17, 15) is 24.6 Å². The van der Waals surface area contributed by atoms with Crippen molar-refractivity contribution < 1.29 is 24.6 Å². The molecule has 3 atom stereocenters. The van der Waals surface area contributed by atoms with E-state index >= 15 is 0 Å². The van der Waals surface area contributed by atoms with Gasteiger partial charge in [0.25, 0.3) is 5.91 Å². The Morgan fingerprint density at radius 1 is 0.900 bits per heavy atom. The molecule has 2 N–H and O–H groups in total. The van der Waals surface area contributed by atoms with Gasteiger partial charge in [0.1, 0.15) is 0 Å². The van der Waals surface area contributed by atoms with E-state index in [-0.39, 0.29) is 30.9 Å². The lowest BCUT2D eigenvalue weighted by molar-refractivity contribution is -0.139. The standard InChI is InChI=1S/C39H42N6O5/c1-27(10-5-6-19-42-25-34(40-41-42)32(26-46)29-12-3-2-4-13-29)39(50)33-23-31(44-21-9-16-37(44)48)17-18-35(33)45(38(39)49)24-28-11-7-14-30(22-28)43-20-8-15-36(43)47/h2-5,7,10-14,17-18,22-23,25,27,32,46,50H,6,8-9,15-16,19-21,24,26H2,1H3/b10-5+/t27-,32?,39+/m0/s1. The van der Waals surface area contributed by atoms with Gasteiger partial charge in [0, 0.05) is 61.5 Å². The fourth-order valence-corrected chi connectivity index (χ4v) is 7.39. The van der Waals surface area contributed by atoms with Crippen LogP contribution in [0.2, 0.25) is 0 Å². The van der Waals surface area contributed by atoms with Crippen LogP contribution in [0.15, 0.2) is 91.1 Å². The minimum Gasteiger partial charge on any atom is -0.395 e. The summed E-state index contributed by atoms with van der Waals surface area (Å²) in [6.07, 6.45) is 8.79. The number of carbonyl (C=O) groups is 3. The first-order valence-corrected chi connectivity index (χ1v) is 17.4. The SMILES string of the molecule is C[C@@H](/C=C/CCn1cc(C(CO)c2ccccc2)nn1)[C@]1(O)C(=O)N(Cc2cccc(N3CCCC3=O)c2)c2ccc(N3CCCC3=O)cc21. The topological polar surface area (TPSA) is 132 Å². The Balaban J connectivity index is 1.11. The van der Waals surface area contributed by atoms with Crippen LogP contribution in [0.5, 0.6) is 0 Å². The maximum Gasteiger partial charge on any atom is 0.264 e. The average Bonchev–Trinajstić information content (AvgIpc) is 3.93.